The number of nitrogens with one attached hydrogen (secondary N) is 1. The van der Waals surface area contributed by atoms with Crippen molar-refractivity contribution in [2.75, 3.05) is 18.9 Å². The third kappa shape index (κ3) is 5.75. The first-order valence-corrected chi connectivity index (χ1v) is 11.4. The molecule has 1 N–H and O–H groups in total. The number of sulfonamides is 1. The summed E-state index contributed by atoms with van der Waals surface area (Å²) < 4.78 is 46.4. The number of hydrogen-bond acceptors (Lipinski definition) is 5. The molecular weight excluding hydrogens is 447 g/mol. The average molecular weight is 471 g/mol. The molecule has 3 aromatic rings. The Bertz CT molecular complexity index is 1270. The van der Waals surface area contributed by atoms with Gasteiger partial charge in [-0.2, -0.15) is 0 Å². The molecule has 0 bridgehead atoms. The van der Waals surface area contributed by atoms with Crippen LogP contribution in [0.4, 0.5) is 10.1 Å². The summed E-state index contributed by atoms with van der Waals surface area (Å²) in [6.07, 6.45) is 0. The van der Waals surface area contributed by atoms with Crippen LogP contribution in [0.1, 0.15) is 33.2 Å². The molecule has 0 atom stereocenters. The molecule has 0 unspecified atom stereocenters. The molecule has 0 saturated carbocycles. The molecule has 0 fully saturated rings. The fraction of sp³-hybridized carbons (Fsp3) is 0.167. The van der Waals surface area contributed by atoms with E-state index in [0.29, 0.717) is 16.7 Å². The van der Waals surface area contributed by atoms with Gasteiger partial charge in [-0.15, -0.1) is 0 Å². The van der Waals surface area contributed by atoms with Crippen LogP contribution in [0.25, 0.3) is 0 Å². The quantitative estimate of drug-likeness (QED) is 0.500. The van der Waals surface area contributed by atoms with Gasteiger partial charge in [0.1, 0.15) is 0 Å². The van der Waals surface area contributed by atoms with Crippen molar-refractivity contribution >= 4 is 27.4 Å². The predicted octanol–water partition coefficient (Wildman–Crippen LogP) is 4.11. The lowest BCUT2D eigenvalue weighted by atomic mass is 10.1. The minimum Gasteiger partial charge on any atom is -0.494 e. The summed E-state index contributed by atoms with van der Waals surface area (Å²) >= 11 is 0. The van der Waals surface area contributed by atoms with Gasteiger partial charge < -0.3 is 9.64 Å². The Hall–Kier alpha value is -3.72. The minimum atomic E-state index is -3.86. The topological polar surface area (TPSA) is 92.8 Å². The lowest BCUT2D eigenvalue weighted by molar-refractivity contribution is 0.0784. The Labute approximate surface area is 191 Å². The average Bonchev–Trinajstić information content (AvgIpc) is 2.79. The number of nitrogens with zero attached hydrogens (tertiary/aromatic N) is 1. The molecule has 172 valence electrons. The Kier molecular flexibility index (Phi) is 7.13. The maximum atomic E-state index is 13.9. The smallest absolute Gasteiger partial charge is 0.261 e. The molecule has 0 saturated heterocycles. The zero-order valence-corrected chi connectivity index (χ0v) is 19.1. The molecule has 0 aliphatic heterocycles. The standard InChI is InChI=1S/C24H23FN2O5S/c1-16(28)18-7-11-21(12-8-18)33(30,31)26-20-9-5-19(6-10-20)24(29)27(2)15-17-4-13-23(32-3)22(25)14-17/h4-14,26H,15H2,1-3H3. The van der Waals surface area contributed by atoms with Gasteiger partial charge in [0.2, 0.25) is 0 Å². The molecule has 3 rings (SSSR count). The number of rotatable bonds is 8. The number of ketones is 1. The van der Waals surface area contributed by atoms with Crippen LogP contribution in [0.2, 0.25) is 0 Å². The Morgan fingerprint density at radius 1 is 0.970 bits per heavy atom. The first-order valence-electron chi connectivity index (χ1n) is 9.92. The normalized spacial score (nSPS) is 11.0. The summed E-state index contributed by atoms with van der Waals surface area (Å²) in [6, 6.07) is 16.1. The third-order valence-electron chi connectivity index (χ3n) is 4.94. The zero-order valence-electron chi connectivity index (χ0n) is 18.3. The van der Waals surface area contributed by atoms with E-state index in [0.717, 1.165) is 0 Å². The van der Waals surface area contributed by atoms with Crippen molar-refractivity contribution in [1.29, 1.82) is 0 Å². The van der Waals surface area contributed by atoms with E-state index in [9.17, 15) is 22.4 Å². The molecule has 0 radical (unpaired) electrons. The Morgan fingerprint density at radius 3 is 2.12 bits per heavy atom. The van der Waals surface area contributed by atoms with E-state index in [1.165, 1.54) is 79.6 Å². The number of anilines is 1. The van der Waals surface area contributed by atoms with Gasteiger partial charge >= 0.3 is 0 Å². The summed E-state index contributed by atoms with van der Waals surface area (Å²) in [5.74, 6) is -0.848. The molecule has 33 heavy (non-hydrogen) atoms. The van der Waals surface area contributed by atoms with Crippen LogP contribution >= 0.6 is 0 Å². The van der Waals surface area contributed by atoms with E-state index < -0.39 is 15.8 Å². The van der Waals surface area contributed by atoms with Crippen molar-refractivity contribution in [2.24, 2.45) is 0 Å². The summed E-state index contributed by atoms with van der Waals surface area (Å²) in [5.41, 5.74) is 1.64. The maximum absolute atomic E-state index is 13.9. The van der Waals surface area contributed by atoms with Crippen LogP contribution in [0.5, 0.6) is 5.75 Å². The summed E-state index contributed by atoms with van der Waals surface area (Å²) in [6.45, 7) is 1.59. The second-order valence-corrected chi connectivity index (χ2v) is 9.08. The van der Waals surface area contributed by atoms with Gasteiger partial charge in [0.25, 0.3) is 15.9 Å². The van der Waals surface area contributed by atoms with E-state index in [2.05, 4.69) is 4.72 Å². The van der Waals surface area contributed by atoms with E-state index in [1.54, 1.807) is 13.1 Å². The van der Waals surface area contributed by atoms with Crippen LogP contribution in [0.15, 0.2) is 71.6 Å². The highest BCUT2D eigenvalue weighted by Crippen LogP contribution is 2.20. The largest absolute Gasteiger partial charge is 0.494 e. The molecule has 0 aliphatic rings. The van der Waals surface area contributed by atoms with E-state index in [-0.39, 0.29) is 34.6 Å². The Morgan fingerprint density at radius 2 is 1.58 bits per heavy atom. The van der Waals surface area contributed by atoms with Crippen LogP contribution < -0.4 is 9.46 Å². The summed E-state index contributed by atoms with van der Waals surface area (Å²) in [4.78, 5) is 25.5. The van der Waals surface area contributed by atoms with Crippen LogP contribution in [-0.2, 0) is 16.6 Å². The number of hydrogen-bond donors (Lipinski definition) is 1. The SMILES string of the molecule is COc1ccc(CN(C)C(=O)c2ccc(NS(=O)(=O)c3ccc(C(C)=O)cc3)cc2)cc1F. The van der Waals surface area contributed by atoms with Gasteiger partial charge in [0.15, 0.2) is 17.3 Å². The van der Waals surface area contributed by atoms with Crippen molar-refractivity contribution in [1.82, 2.24) is 4.90 Å². The van der Waals surface area contributed by atoms with Gasteiger partial charge in [-0.05, 0) is 61.0 Å². The van der Waals surface area contributed by atoms with Gasteiger partial charge in [0, 0.05) is 30.4 Å². The Balaban J connectivity index is 1.68. The molecular formula is C24H23FN2O5S. The maximum Gasteiger partial charge on any atom is 0.261 e. The van der Waals surface area contributed by atoms with Crippen molar-refractivity contribution in [3.05, 3.63) is 89.2 Å². The van der Waals surface area contributed by atoms with Crippen LogP contribution in [0, 0.1) is 5.82 Å². The van der Waals surface area contributed by atoms with E-state index >= 15 is 0 Å². The first kappa shape index (κ1) is 23.9. The van der Waals surface area contributed by atoms with Crippen LogP contribution in [0.3, 0.4) is 0 Å². The van der Waals surface area contributed by atoms with Crippen molar-refractivity contribution in [2.45, 2.75) is 18.4 Å². The zero-order chi connectivity index (χ0) is 24.2. The fourth-order valence-electron chi connectivity index (χ4n) is 3.14. The fourth-order valence-corrected chi connectivity index (χ4v) is 4.20. The lowest BCUT2D eigenvalue weighted by Crippen LogP contribution is -2.26. The minimum absolute atomic E-state index is 0.0131. The highest BCUT2D eigenvalue weighted by atomic mass is 32.2. The molecule has 0 aromatic heterocycles. The van der Waals surface area contributed by atoms with Gasteiger partial charge in [-0.1, -0.05) is 18.2 Å². The van der Waals surface area contributed by atoms with E-state index in [1.807, 2.05) is 0 Å². The molecule has 0 spiro atoms. The highest BCUT2D eigenvalue weighted by molar-refractivity contribution is 7.92. The van der Waals surface area contributed by atoms with Gasteiger partial charge in [-0.25, -0.2) is 12.8 Å². The number of carbonyl (C=O) groups is 2. The molecule has 7 nitrogen and oxygen atoms in total. The second kappa shape index (κ2) is 9.83. The molecule has 9 heteroatoms. The van der Waals surface area contributed by atoms with Crippen molar-refractivity contribution in [3.8, 4) is 5.75 Å². The van der Waals surface area contributed by atoms with Crippen molar-refractivity contribution in [3.63, 3.8) is 0 Å². The number of Topliss-reactive ketones (excluding diaryl/α,β-unsaturated/α-hetero) is 1. The third-order valence-corrected chi connectivity index (χ3v) is 6.34. The highest BCUT2D eigenvalue weighted by Gasteiger charge is 2.17. The number of halogens is 1. The molecule has 3 aromatic carbocycles. The number of methoxy groups -OCH3 is 1. The number of carbonyl (C=O) groups excluding carboxylic acids is 2. The molecule has 0 aliphatic carbocycles. The summed E-state index contributed by atoms with van der Waals surface area (Å²) in [7, 11) is -0.892. The number of amides is 1. The number of benzene rings is 3. The molecule has 1 amide bonds. The lowest BCUT2D eigenvalue weighted by Gasteiger charge is -2.18. The van der Waals surface area contributed by atoms with Gasteiger partial charge in [0.05, 0.1) is 12.0 Å². The second-order valence-electron chi connectivity index (χ2n) is 7.39. The monoisotopic (exact) mass is 470 g/mol. The van der Waals surface area contributed by atoms with Crippen LogP contribution in [-0.4, -0.2) is 39.2 Å². The number of ether oxygens (including phenoxy) is 1. The van der Waals surface area contributed by atoms with E-state index in [4.69, 9.17) is 4.74 Å². The predicted molar refractivity (Wildman–Crippen MR) is 122 cm³/mol. The first-order chi connectivity index (χ1) is 15.6. The molecule has 0 heterocycles. The summed E-state index contributed by atoms with van der Waals surface area (Å²) in [5, 5.41) is 0. The van der Waals surface area contributed by atoms with Crippen molar-refractivity contribution < 1.29 is 27.1 Å². The van der Waals surface area contributed by atoms with Gasteiger partial charge in [-0.3, -0.25) is 14.3 Å².